The fourth-order valence-corrected chi connectivity index (χ4v) is 6.19. The molecule has 0 aromatic heterocycles. The minimum Gasteiger partial charge on any atom is -0.454 e. The van der Waals surface area contributed by atoms with E-state index in [4.69, 9.17) is 9.47 Å². The van der Waals surface area contributed by atoms with Gasteiger partial charge in [-0.2, -0.15) is 0 Å². The molecule has 7 rings (SSSR count). The van der Waals surface area contributed by atoms with Gasteiger partial charge in [-0.05, 0) is 40.5 Å². The summed E-state index contributed by atoms with van der Waals surface area (Å²) in [4.78, 5) is 30.3. The predicted molar refractivity (Wildman–Crippen MR) is 136 cm³/mol. The summed E-state index contributed by atoms with van der Waals surface area (Å²) < 4.78 is 11.3. The number of Topliss-reactive ketones (excluding diaryl/α,β-unsaturated/α-hetero) is 1. The molecule has 1 spiro atoms. The van der Waals surface area contributed by atoms with Crippen molar-refractivity contribution < 1.29 is 19.1 Å². The van der Waals surface area contributed by atoms with Crippen LogP contribution in [-0.2, 0) is 16.8 Å². The van der Waals surface area contributed by atoms with Crippen LogP contribution in [0, 0.1) is 0 Å². The number of benzene rings is 4. The molecule has 3 aliphatic rings. The standard InChI is InChI=1S/C31H23NO4/c33-27-16-24(21-11-5-2-6-12-21)31(25-17-29-28(15-22(25)27)35-19-36-29)23-13-7-8-14-26(23)32(30(31)34)18-20-9-3-1-4-10-20/h1-15,17,24H,16,18-19H2/t24-,31-/m1/s1. The second kappa shape index (κ2) is 7.82. The summed E-state index contributed by atoms with van der Waals surface area (Å²) in [5.74, 6) is 0.758. The maximum atomic E-state index is 14.8. The second-order valence-corrected chi connectivity index (χ2v) is 9.54. The van der Waals surface area contributed by atoms with Crippen LogP contribution in [-0.4, -0.2) is 18.5 Å². The maximum Gasteiger partial charge on any atom is 0.243 e. The van der Waals surface area contributed by atoms with Crippen molar-refractivity contribution in [1.82, 2.24) is 0 Å². The summed E-state index contributed by atoms with van der Waals surface area (Å²) in [6.07, 6.45) is 0.232. The molecule has 0 N–H and O–H groups in total. The van der Waals surface area contributed by atoms with E-state index < -0.39 is 5.41 Å². The fourth-order valence-electron chi connectivity index (χ4n) is 6.19. The van der Waals surface area contributed by atoms with Crippen LogP contribution in [0.3, 0.4) is 0 Å². The molecule has 0 unspecified atom stereocenters. The molecule has 1 aliphatic carbocycles. The third-order valence-electron chi connectivity index (χ3n) is 7.74. The van der Waals surface area contributed by atoms with Crippen LogP contribution >= 0.6 is 0 Å². The van der Waals surface area contributed by atoms with Gasteiger partial charge in [0.25, 0.3) is 0 Å². The highest BCUT2D eigenvalue weighted by atomic mass is 16.7. The first-order valence-corrected chi connectivity index (χ1v) is 12.2. The van der Waals surface area contributed by atoms with Crippen LogP contribution in [0.25, 0.3) is 0 Å². The SMILES string of the molecule is O=C1C[C@H](c2ccccc2)[C@@]2(C(=O)N(Cc3ccccc3)c3ccccc32)c2cc3c(cc21)OCO3. The van der Waals surface area contributed by atoms with Gasteiger partial charge in [-0.25, -0.2) is 0 Å². The molecule has 4 aromatic carbocycles. The molecule has 5 heteroatoms. The van der Waals surface area contributed by atoms with Crippen LogP contribution < -0.4 is 14.4 Å². The Morgan fingerprint density at radius 3 is 2.22 bits per heavy atom. The summed E-state index contributed by atoms with van der Waals surface area (Å²) in [6, 6.07) is 31.6. The Morgan fingerprint density at radius 1 is 0.778 bits per heavy atom. The minimum atomic E-state index is -1.06. The minimum absolute atomic E-state index is 0.00886. The van der Waals surface area contributed by atoms with E-state index in [9.17, 15) is 9.59 Å². The lowest BCUT2D eigenvalue weighted by Crippen LogP contribution is -2.49. The van der Waals surface area contributed by atoms with Gasteiger partial charge in [0.2, 0.25) is 12.7 Å². The number of carbonyl (C=O) groups excluding carboxylic acids is 2. The molecule has 0 radical (unpaired) electrons. The molecule has 0 fully saturated rings. The lowest BCUT2D eigenvalue weighted by Gasteiger charge is -2.41. The first kappa shape index (κ1) is 20.9. The number of fused-ring (bicyclic) bond motifs is 5. The molecule has 2 atom stereocenters. The number of hydrogen-bond donors (Lipinski definition) is 0. The number of rotatable bonds is 3. The average molecular weight is 474 g/mol. The van der Waals surface area contributed by atoms with E-state index in [1.165, 1.54) is 0 Å². The first-order chi connectivity index (χ1) is 17.7. The molecule has 1 amide bonds. The summed E-state index contributed by atoms with van der Waals surface area (Å²) >= 11 is 0. The van der Waals surface area contributed by atoms with Gasteiger partial charge in [0, 0.05) is 23.6 Å². The van der Waals surface area contributed by atoms with E-state index in [-0.39, 0.29) is 30.8 Å². The van der Waals surface area contributed by atoms with Crippen molar-refractivity contribution in [1.29, 1.82) is 0 Å². The van der Waals surface area contributed by atoms with Crippen LogP contribution in [0.2, 0.25) is 0 Å². The molecule has 176 valence electrons. The second-order valence-electron chi connectivity index (χ2n) is 9.54. The van der Waals surface area contributed by atoms with E-state index in [0.29, 0.717) is 29.2 Å². The number of nitrogens with zero attached hydrogens (tertiary/aromatic N) is 1. The van der Waals surface area contributed by atoms with Gasteiger partial charge in [-0.1, -0.05) is 78.9 Å². The molecule has 36 heavy (non-hydrogen) atoms. The van der Waals surface area contributed by atoms with Crippen LogP contribution in [0.5, 0.6) is 11.5 Å². The smallest absolute Gasteiger partial charge is 0.243 e. The summed E-state index contributed by atoms with van der Waals surface area (Å²) in [7, 11) is 0. The van der Waals surface area contributed by atoms with E-state index in [1.54, 1.807) is 6.07 Å². The highest BCUT2D eigenvalue weighted by Crippen LogP contribution is 2.59. The van der Waals surface area contributed by atoms with Gasteiger partial charge < -0.3 is 14.4 Å². The average Bonchev–Trinajstić information content (AvgIpc) is 3.48. The summed E-state index contributed by atoms with van der Waals surface area (Å²) in [5.41, 5.74) is 4.00. The van der Waals surface area contributed by atoms with Crippen molar-refractivity contribution in [2.24, 2.45) is 0 Å². The lowest BCUT2D eigenvalue weighted by molar-refractivity contribution is -0.122. The molecule has 2 heterocycles. The number of ketones is 1. The van der Waals surface area contributed by atoms with Gasteiger partial charge in [-0.3, -0.25) is 9.59 Å². The number of carbonyl (C=O) groups is 2. The van der Waals surface area contributed by atoms with Crippen LogP contribution in [0.1, 0.15) is 45.0 Å². The first-order valence-electron chi connectivity index (χ1n) is 12.2. The van der Waals surface area contributed by atoms with Crippen molar-refractivity contribution in [3.63, 3.8) is 0 Å². The number of hydrogen-bond acceptors (Lipinski definition) is 4. The molecular weight excluding hydrogens is 450 g/mol. The van der Waals surface area contributed by atoms with Gasteiger partial charge >= 0.3 is 0 Å². The summed E-state index contributed by atoms with van der Waals surface area (Å²) in [5, 5.41) is 0. The Bertz CT molecular complexity index is 1510. The molecule has 5 nitrogen and oxygen atoms in total. The zero-order chi connectivity index (χ0) is 24.3. The third-order valence-corrected chi connectivity index (χ3v) is 7.74. The molecule has 2 aliphatic heterocycles. The van der Waals surface area contributed by atoms with E-state index in [1.807, 2.05) is 95.9 Å². The largest absolute Gasteiger partial charge is 0.454 e. The van der Waals surface area contributed by atoms with Crippen molar-refractivity contribution in [3.05, 3.63) is 125 Å². The topological polar surface area (TPSA) is 55.8 Å². The Labute approximate surface area is 208 Å². The monoisotopic (exact) mass is 473 g/mol. The van der Waals surface area contributed by atoms with Crippen molar-refractivity contribution in [2.75, 3.05) is 11.7 Å². The molecule has 0 bridgehead atoms. The van der Waals surface area contributed by atoms with Gasteiger partial charge in [0.15, 0.2) is 17.3 Å². The van der Waals surface area contributed by atoms with Crippen molar-refractivity contribution in [3.8, 4) is 11.5 Å². The Morgan fingerprint density at radius 2 is 1.44 bits per heavy atom. The zero-order valence-electron chi connectivity index (χ0n) is 19.5. The maximum absolute atomic E-state index is 14.8. The quantitative estimate of drug-likeness (QED) is 0.388. The molecule has 0 saturated heterocycles. The lowest BCUT2D eigenvalue weighted by atomic mass is 9.58. The number of ether oxygens (including phenoxy) is 2. The fraction of sp³-hybridized carbons (Fsp3) is 0.161. The highest BCUT2D eigenvalue weighted by Gasteiger charge is 2.60. The van der Waals surface area contributed by atoms with Gasteiger partial charge in [0.1, 0.15) is 5.41 Å². The summed E-state index contributed by atoms with van der Waals surface area (Å²) in [6.45, 7) is 0.556. The Hall–Kier alpha value is -4.38. The van der Waals surface area contributed by atoms with Gasteiger partial charge in [-0.15, -0.1) is 0 Å². The third kappa shape index (κ3) is 2.83. The number of para-hydroxylation sites is 1. The van der Waals surface area contributed by atoms with E-state index in [2.05, 4.69) is 0 Å². The van der Waals surface area contributed by atoms with Gasteiger partial charge in [0.05, 0.1) is 6.54 Å². The van der Waals surface area contributed by atoms with E-state index in [0.717, 1.165) is 22.4 Å². The number of amides is 1. The van der Waals surface area contributed by atoms with Crippen molar-refractivity contribution >= 4 is 17.4 Å². The van der Waals surface area contributed by atoms with Crippen LogP contribution in [0.4, 0.5) is 5.69 Å². The van der Waals surface area contributed by atoms with E-state index >= 15 is 0 Å². The normalized spacial score (nSPS) is 21.6. The molecule has 4 aromatic rings. The Balaban J connectivity index is 1.52. The van der Waals surface area contributed by atoms with Crippen molar-refractivity contribution in [2.45, 2.75) is 24.3 Å². The number of anilines is 1. The highest BCUT2D eigenvalue weighted by molar-refractivity contribution is 6.15. The zero-order valence-corrected chi connectivity index (χ0v) is 19.5. The van der Waals surface area contributed by atoms with Crippen LogP contribution in [0.15, 0.2) is 97.1 Å². The predicted octanol–water partition coefficient (Wildman–Crippen LogP) is 5.62. The molecule has 0 saturated carbocycles. The Kier molecular flexibility index (Phi) is 4.55. The molecular formula is C31H23NO4.